The molecule has 1 aromatic rings. The molecule has 0 amide bonds. The molecule has 0 aliphatic carbocycles. The van der Waals surface area contributed by atoms with Crippen LogP contribution >= 0.6 is 11.6 Å². The molecule has 1 rings (SSSR count). The number of furan rings is 1. The molecule has 0 aliphatic heterocycles. The summed E-state index contributed by atoms with van der Waals surface area (Å²) in [5, 5.41) is 0.370. The lowest BCUT2D eigenvalue weighted by molar-refractivity contribution is 0.421. The summed E-state index contributed by atoms with van der Waals surface area (Å²) in [6.45, 7) is 3.61. The first-order valence-corrected chi connectivity index (χ1v) is 3.98. The summed E-state index contributed by atoms with van der Waals surface area (Å²) in [4.78, 5) is 0. The highest BCUT2D eigenvalue weighted by Crippen LogP contribution is 2.21. The van der Waals surface area contributed by atoms with Crippen molar-refractivity contribution in [2.45, 2.75) is 12.5 Å². The quantitative estimate of drug-likeness (QED) is 0.430. The lowest BCUT2D eigenvalue weighted by Crippen LogP contribution is -2.27. The van der Waals surface area contributed by atoms with Crippen LogP contribution in [0.4, 0.5) is 0 Å². The van der Waals surface area contributed by atoms with Crippen LogP contribution in [0.5, 0.6) is 0 Å². The minimum Gasteiger partial charge on any atom is -0.448 e. The van der Waals surface area contributed by atoms with E-state index in [2.05, 4.69) is 12.0 Å². The Balaban J connectivity index is 2.72. The number of hydrogen-bond acceptors (Lipinski definition) is 3. The van der Waals surface area contributed by atoms with Crippen molar-refractivity contribution in [2.24, 2.45) is 5.84 Å². The van der Waals surface area contributed by atoms with Gasteiger partial charge in [-0.05, 0) is 30.2 Å². The van der Waals surface area contributed by atoms with Gasteiger partial charge in [-0.15, -0.1) is 6.58 Å². The Bertz CT molecular complexity index is 259. The Morgan fingerprint density at radius 3 is 2.92 bits per heavy atom. The van der Waals surface area contributed by atoms with Crippen molar-refractivity contribution in [3.8, 4) is 0 Å². The van der Waals surface area contributed by atoms with Gasteiger partial charge in [0.2, 0.25) is 0 Å². The Morgan fingerprint density at radius 1 is 1.75 bits per heavy atom. The van der Waals surface area contributed by atoms with E-state index in [-0.39, 0.29) is 6.04 Å². The molecule has 0 fully saturated rings. The van der Waals surface area contributed by atoms with Crippen LogP contribution < -0.4 is 11.3 Å². The molecule has 0 aliphatic rings. The molecule has 1 aromatic heterocycles. The molecular formula is C8H11ClN2O. The molecular weight excluding hydrogens is 176 g/mol. The minimum atomic E-state index is -0.0463. The Morgan fingerprint density at radius 2 is 2.50 bits per heavy atom. The molecule has 3 N–H and O–H groups in total. The van der Waals surface area contributed by atoms with Crippen LogP contribution in [0.2, 0.25) is 5.22 Å². The third kappa shape index (κ3) is 2.11. The molecule has 1 heterocycles. The summed E-state index contributed by atoms with van der Waals surface area (Å²) in [5.74, 6) is 6.02. The molecule has 1 unspecified atom stereocenters. The molecule has 0 bridgehead atoms. The molecule has 0 saturated heterocycles. The maximum absolute atomic E-state index is 5.60. The Labute approximate surface area is 76.2 Å². The average Bonchev–Trinajstić information content (AvgIpc) is 2.47. The first-order chi connectivity index (χ1) is 5.77. The summed E-state index contributed by atoms with van der Waals surface area (Å²) < 4.78 is 5.16. The number of nitrogens with one attached hydrogen (secondary N) is 1. The van der Waals surface area contributed by atoms with E-state index in [1.165, 1.54) is 0 Å². The summed E-state index contributed by atoms with van der Waals surface area (Å²) in [6.07, 6.45) is 2.47. The maximum atomic E-state index is 5.60. The highest BCUT2D eigenvalue weighted by atomic mass is 35.5. The van der Waals surface area contributed by atoms with Crippen LogP contribution in [-0.2, 0) is 0 Å². The van der Waals surface area contributed by atoms with E-state index in [1.54, 1.807) is 18.2 Å². The van der Waals surface area contributed by atoms with E-state index >= 15 is 0 Å². The fourth-order valence-corrected chi connectivity index (χ4v) is 1.10. The third-order valence-corrected chi connectivity index (χ3v) is 1.74. The second kappa shape index (κ2) is 4.30. The number of nitrogens with two attached hydrogens (primary N) is 1. The van der Waals surface area contributed by atoms with E-state index < -0.39 is 0 Å². The van der Waals surface area contributed by atoms with Gasteiger partial charge >= 0.3 is 0 Å². The lowest BCUT2D eigenvalue weighted by Gasteiger charge is -2.09. The zero-order valence-corrected chi connectivity index (χ0v) is 7.34. The van der Waals surface area contributed by atoms with Crippen molar-refractivity contribution >= 4 is 11.6 Å². The van der Waals surface area contributed by atoms with Crippen LogP contribution in [0.1, 0.15) is 18.2 Å². The number of hydrazine groups is 1. The van der Waals surface area contributed by atoms with Crippen molar-refractivity contribution in [1.29, 1.82) is 0 Å². The Kier molecular flexibility index (Phi) is 3.34. The molecule has 4 heteroatoms. The number of hydrogen-bond donors (Lipinski definition) is 2. The minimum absolute atomic E-state index is 0.0463. The van der Waals surface area contributed by atoms with Gasteiger partial charge in [-0.3, -0.25) is 5.84 Å². The molecule has 0 spiro atoms. The van der Waals surface area contributed by atoms with Gasteiger partial charge in [0.25, 0.3) is 0 Å². The van der Waals surface area contributed by atoms with E-state index in [0.29, 0.717) is 11.6 Å². The van der Waals surface area contributed by atoms with Crippen molar-refractivity contribution in [3.63, 3.8) is 0 Å². The zero-order valence-electron chi connectivity index (χ0n) is 6.59. The van der Waals surface area contributed by atoms with Gasteiger partial charge in [0.05, 0.1) is 6.04 Å². The second-order valence-electron chi connectivity index (χ2n) is 2.39. The normalized spacial score (nSPS) is 12.8. The van der Waals surface area contributed by atoms with Gasteiger partial charge in [0, 0.05) is 0 Å². The van der Waals surface area contributed by atoms with Gasteiger partial charge in [0.1, 0.15) is 5.76 Å². The standard InChI is InChI=1S/C8H11ClN2O/c1-2-3-6(11-10)7-4-5-8(9)12-7/h2,4-6,11H,1,3,10H2. The maximum Gasteiger partial charge on any atom is 0.193 e. The fraction of sp³-hybridized carbons (Fsp3) is 0.250. The first-order valence-electron chi connectivity index (χ1n) is 3.60. The Hall–Kier alpha value is -0.770. The topological polar surface area (TPSA) is 51.2 Å². The third-order valence-electron chi connectivity index (χ3n) is 1.54. The van der Waals surface area contributed by atoms with E-state index in [4.69, 9.17) is 21.9 Å². The van der Waals surface area contributed by atoms with Gasteiger partial charge < -0.3 is 4.42 Å². The SMILES string of the molecule is C=CCC(NN)c1ccc(Cl)o1. The molecule has 0 aromatic carbocycles. The highest BCUT2D eigenvalue weighted by molar-refractivity contribution is 6.28. The highest BCUT2D eigenvalue weighted by Gasteiger charge is 2.11. The van der Waals surface area contributed by atoms with E-state index in [0.717, 1.165) is 5.76 Å². The van der Waals surface area contributed by atoms with Gasteiger partial charge in [-0.25, -0.2) is 5.43 Å². The van der Waals surface area contributed by atoms with E-state index in [9.17, 15) is 0 Å². The van der Waals surface area contributed by atoms with Crippen molar-refractivity contribution in [1.82, 2.24) is 5.43 Å². The fourth-order valence-electron chi connectivity index (χ4n) is 0.949. The van der Waals surface area contributed by atoms with Crippen LogP contribution in [-0.4, -0.2) is 0 Å². The van der Waals surface area contributed by atoms with Gasteiger partial charge in [-0.1, -0.05) is 6.08 Å². The van der Waals surface area contributed by atoms with E-state index in [1.807, 2.05) is 0 Å². The predicted octanol–water partition coefficient (Wildman–Crippen LogP) is 2.01. The summed E-state index contributed by atoms with van der Waals surface area (Å²) >= 11 is 5.60. The monoisotopic (exact) mass is 186 g/mol. The number of halogens is 1. The molecule has 0 saturated carbocycles. The predicted molar refractivity (Wildman–Crippen MR) is 48.6 cm³/mol. The van der Waals surface area contributed by atoms with Crippen LogP contribution in [0.3, 0.4) is 0 Å². The lowest BCUT2D eigenvalue weighted by atomic mass is 10.2. The average molecular weight is 187 g/mol. The molecule has 12 heavy (non-hydrogen) atoms. The zero-order chi connectivity index (χ0) is 8.97. The van der Waals surface area contributed by atoms with Crippen molar-refractivity contribution < 1.29 is 4.42 Å². The van der Waals surface area contributed by atoms with Gasteiger partial charge in [0.15, 0.2) is 5.22 Å². The van der Waals surface area contributed by atoms with Crippen LogP contribution in [0, 0.1) is 0 Å². The largest absolute Gasteiger partial charge is 0.448 e. The first kappa shape index (κ1) is 9.32. The smallest absolute Gasteiger partial charge is 0.193 e. The van der Waals surface area contributed by atoms with Crippen molar-refractivity contribution in [3.05, 3.63) is 35.8 Å². The molecule has 3 nitrogen and oxygen atoms in total. The summed E-state index contributed by atoms with van der Waals surface area (Å²) in [7, 11) is 0. The molecule has 1 atom stereocenters. The molecule has 66 valence electrons. The number of rotatable bonds is 4. The summed E-state index contributed by atoms with van der Waals surface area (Å²) in [5.41, 5.74) is 2.61. The van der Waals surface area contributed by atoms with Crippen molar-refractivity contribution in [2.75, 3.05) is 0 Å². The van der Waals surface area contributed by atoms with Crippen LogP contribution in [0.25, 0.3) is 0 Å². The van der Waals surface area contributed by atoms with Crippen LogP contribution in [0.15, 0.2) is 29.2 Å². The second-order valence-corrected chi connectivity index (χ2v) is 2.76. The van der Waals surface area contributed by atoms with Gasteiger partial charge in [-0.2, -0.15) is 0 Å². The molecule has 0 radical (unpaired) electrons. The summed E-state index contributed by atoms with van der Waals surface area (Å²) in [6, 6.07) is 3.43.